The van der Waals surface area contributed by atoms with Crippen LogP contribution < -0.4 is 21.1 Å². The molecule has 1 heterocycles. The summed E-state index contributed by atoms with van der Waals surface area (Å²) in [7, 11) is 3.63. The van der Waals surface area contributed by atoms with Gasteiger partial charge in [0, 0.05) is 40.4 Å². The zero-order valence-corrected chi connectivity index (χ0v) is 12.8. The number of nitrogens with two attached hydrogens (primary N) is 1. The van der Waals surface area contributed by atoms with Crippen LogP contribution in [0.2, 0.25) is 0 Å². The molecule has 0 saturated carbocycles. The number of nitrogens with one attached hydrogen (secondary N) is 1. The molecule has 1 aromatic heterocycles. The predicted molar refractivity (Wildman–Crippen MR) is 81.0 cm³/mol. The quantitative estimate of drug-likeness (QED) is 0.384. The van der Waals surface area contributed by atoms with Crippen LogP contribution in [-0.2, 0) is 4.74 Å². The molecule has 0 atom stereocenters. The molecule has 8 heteroatoms. The van der Waals surface area contributed by atoms with Crippen LogP contribution in [0, 0.1) is 0 Å². The molecule has 20 heavy (non-hydrogen) atoms. The maximum absolute atomic E-state index is 5.43. The van der Waals surface area contributed by atoms with Crippen molar-refractivity contribution >= 4 is 17.8 Å². The normalized spacial score (nSPS) is 10.4. The lowest BCUT2D eigenvalue weighted by Crippen LogP contribution is -2.28. The topological polar surface area (TPSA) is 92.4 Å². The molecule has 0 aliphatic rings. The van der Waals surface area contributed by atoms with Crippen molar-refractivity contribution in [2.45, 2.75) is 20.3 Å². The number of nitrogen functional groups attached to an aromatic ring is 1. The average Bonchev–Trinajstić information content (AvgIpc) is 2.48. The largest absolute Gasteiger partial charge is 0.385 e. The van der Waals surface area contributed by atoms with Gasteiger partial charge in [-0.15, -0.1) is 0 Å². The van der Waals surface area contributed by atoms with Gasteiger partial charge in [-0.05, 0) is 20.3 Å². The standard InChI is InChI=1S/C12H25N7O/c1-5-19(6-2)12-15-10(17-13)14-11(16-12)18(3)8-7-9-20-4/h5-9,13H2,1-4H3,(H,14,15,16,17). The molecular weight excluding hydrogens is 258 g/mol. The van der Waals surface area contributed by atoms with Crippen LogP contribution in [0.4, 0.5) is 17.8 Å². The lowest BCUT2D eigenvalue weighted by Gasteiger charge is -2.22. The van der Waals surface area contributed by atoms with Gasteiger partial charge < -0.3 is 14.5 Å². The summed E-state index contributed by atoms with van der Waals surface area (Å²) < 4.78 is 5.05. The second-order valence-corrected chi connectivity index (χ2v) is 4.34. The predicted octanol–water partition coefficient (Wildman–Crippen LogP) is 0.476. The molecule has 0 fully saturated rings. The summed E-state index contributed by atoms with van der Waals surface area (Å²) in [6.07, 6.45) is 0.907. The summed E-state index contributed by atoms with van der Waals surface area (Å²) in [5.74, 6) is 7.04. The number of rotatable bonds is 9. The molecule has 0 amide bonds. The number of ether oxygens (including phenoxy) is 1. The number of anilines is 3. The Morgan fingerprint density at radius 2 is 1.80 bits per heavy atom. The highest BCUT2D eigenvalue weighted by molar-refractivity contribution is 5.44. The third-order valence-electron chi connectivity index (χ3n) is 2.97. The van der Waals surface area contributed by atoms with Gasteiger partial charge in [-0.1, -0.05) is 0 Å². The Balaban J connectivity index is 2.91. The monoisotopic (exact) mass is 283 g/mol. The molecule has 0 unspecified atom stereocenters. The first kappa shape index (κ1) is 16.4. The second kappa shape index (κ2) is 8.49. The first-order valence-corrected chi connectivity index (χ1v) is 6.83. The molecular formula is C12H25N7O. The fourth-order valence-corrected chi connectivity index (χ4v) is 1.78. The zero-order valence-electron chi connectivity index (χ0n) is 12.8. The van der Waals surface area contributed by atoms with Gasteiger partial charge in [0.25, 0.3) is 0 Å². The summed E-state index contributed by atoms with van der Waals surface area (Å²) in [5, 5.41) is 0. The van der Waals surface area contributed by atoms with Crippen LogP contribution in [-0.4, -0.2) is 55.4 Å². The van der Waals surface area contributed by atoms with E-state index in [1.54, 1.807) is 7.11 Å². The maximum Gasteiger partial charge on any atom is 0.243 e. The van der Waals surface area contributed by atoms with E-state index in [2.05, 4.69) is 39.1 Å². The Hall–Kier alpha value is -1.67. The summed E-state index contributed by atoms with van der Waals surface area (Å²) in [6.45, 7) is 7.30. The highest BCUT2D eigenvalue weighted by Crippen LogP contribution is 2.15. The highest BCUT2D eigenvalue weighted by Gasteiger charge is 2.13. The third-order valence-corrected chi connectivity index (χ3v) is 2.97. The minimum Gasteiger partial charge on any atom is -0.385 e. The van der Waals surface area contributed by atoms with Crippen molar-refractivity contribution in [3.05, 3.63) is 0 Å². The lowest BCUT2D eigenvalue weighted by molar-refractivity contribution is 0.196. The number of hydrazine groups is 1. The van der Waals surface area contributed by atoms with E-state index < -0.39 is 0 Å². The van der Waals surface area contributed by atoms with Crippen LogP contribution in [0.5, 0.6) is 0 Å². The Bertz CT molecular complexity index is 397. The van der Waals surface area contributed by atoms with E-state index in [1.165, 1.54) is 0 Å². The van der Waals surface area contributed by atoms with E-state index in [-0.39, 0.29) is 0 Å². The summed E-state index contributed by atoms with van der Waals surface area (Å²) in [4.78, 5) is 17.1. The van der Waals surface area contributed by atoms with Crippen LogP contribution in [0.1, 0.15) is 20.3 Å². The van der Waals surface area contributed by atoms with E-state index in [0.717, 1.165) is 26.1 Å². The van der Waals surface area contributed by atoms with E-state index in [0.29, 0.717) is 24.5 Å². The Labute approximate surface area is 120 Å². The first-order chi connectivity index (χ1) is 9.65. The van der Waals surface area contributed by atoms with Crippen molar-refractivity contribution in [3.63, 3.8) is 0 Å². The molecule has 114 valence electrons. The maximum atomic E-state index is 5.43. The molecule has 0 saturated heterocycles. The SMILES string of the molecule is CCN(CC)c1nc(NN)nc(N(C)CCCOC)n1. The lowest BCUT2D eigenvalue weighted by atomic mass is 10.4. The van der Waals surface area contributed by atoms with Gasteiger partial charge in [0.15, 0.2) is 0 Å². The van der Waals surface area contributed by atoms with Crippen molar-refractivity contribution < 1.29 is 4.74 Å². The highest BCUT2D eigenvalue weighted by atomic mass is 16.5. The van der Waals surface area contributed by atoms with E-state index in [1.807, 2.05) is 11.9 Å². The third kappa shape index (κ3) is 4.46. The molecule has 0 aromatic carbocycles. The van der Waals surface area contributed by atoms with Gasteiger partial charge >= 0.3 is 0 Å². The number of hydrogen-bond acceptors (Lipinski definition) is 8. The molecule has 0 aliphatic heterocycles. The Kier molecular flexibility index (Phi) is 6.96. The summed E-state index contributed by atoms with van der Waals surface area (Å²) in [5.41, 5.74) is 2.49. The molecule has 1 rings (SSSR count). The van der Waals surface area contributed by atoms with Crippen LogP contribution in [0.3, 0.4) is 0 Å². The molecule has 0 spiro atoms. The fraction of sp³-hybridized carbons (Fsp3) is 0.750. The number of methoxy groups -OCH3 is 1. The molecule has 0 aliphatic carbocycles. The second-order valence-electron chi connectivity index (χ2n) is 4.34. The molecule has 1 aromatic rings. The molecule has 3 N–H and O–H groups in total. The van der Waals surface area contributed by atoms with Gasteiger partial charge in [0.1, 0.15) is 0 Å². The van der Waals surface area contributed by atoms with Gasteiger partial charge in [-0.2, -0.15) is 15.0 Å². The van der Waals surface area contributed by atoms with Gasteiger partial charge in [-0.25, -0.2) is 5.84 Å². The van der Waals surface area contributed by atoms with Crippen molar-refractivity contribution in [1.82, 2.24) is 15.0 Å². The zero-order chi connectivity index (χ0) is 15.0. The molecule has 0 radical (unpaired) electrons. The first-order valence-electron chi connectivity index (χ1n) is 6.83. The fourth-order valence-electron chi connectivity index (χ4n) is 1.78. The minimum absolute atomic E-state index is 0.371. The smallest absolute Gasteiger partial charge is 0.243 e. The van der Waals surface area contributed by atoms with Crippen molar-refractivity contribution in [2.75, 3.05) is 55.6 Å². The van der Waals surface area contributed by atoms with Gasteiger partial charge in [-0.3, -0.25) is 5.43 Å². The van der Waals surface area contributed by atoms with Crippen molar-refractivity contribution in [1.29, 1.82) is 0 Å². The average molecular weight is 283 g/mol. The number of hydrogen-bond donors (Lipinski definition) is 2. The van der Waals surface area contributed by atoms with E-state index in [9.17, 15) is 0 Å². The number of nitrogens with zero attached hydrogens (tertiary/aromatic N) is 5. The van der Waals surface area contributed by atoms with E-state index in [4.69, 9.17) is 10.6 Å². The van der Waals surface area contributed by atoms with Crippen LogP contribution in [0.15, 0.2) is 0 Å². The van der Waals surface area contributed by atoms with Crippen LogP contribution in [0.25, 0.3) is 0 Å². The number of aromatic nitrogens is 3. The summed E-state index contributed by atoms with van der Waals surface area (Å²) in [6, 6.07) is 0. The molecule has 8 nitrogen and oxygen atoms in total. The van der Waals surface area contributed by atoms with Crippen molar-refractivity contribution in [2.24, 2.45) is 5.84 Å². The van der Waals surface area contributed by atoms with Gasteiger partial charge in [0.2, 0.25) is 17.8 Å². The van der Waals surface area contributed by atoms with Crippen molar-refractivity contribution in [3.8, 4) is 0 Å². The summed E-state index contributed by atoms with van der Waals surface area (Å²) >= 11 is 0. The van der Waals surface area contributed by atoms with Gasteiger partial charge in [0.05, 0.1) is 0 Å². The van der Waals surface area contributed by atoms with Crippen LogP contribution >= 0.6 is 0 Å². The minimum atomic E-state index is 0.371. The van der Waals surface area contributed by atoms with E-state index >= 15 is 0 Å². The Morgan fingerprint density at radius 3 is 2.35 bits per heavy atom. The molecule has 0 bridgehead atoms. The Morgan fingerprint density at radius 1 is 1.15 bits per heavy atom.